The van der Waals surface area contributed by atoms with E-state index in [0.29, 0.717) is 6.67 Å². The molecule has 0 saturated carbocycles. The summed E-state index contributed by atoms with van der Waals surface area (Å²) in [4.78, 5) is 10.0. The van der Waals surface area contributed by atoms with E-state index in [4.69, 9.17) is 4.99 Å². The molecule has 11 rings (SSSR count). The molecule has 4 nitrogen and oxygen atoms in total. The van der Waals surface area contributed by atoms with Gasteiger partial charge in [0.15, 0.2) is 0 Å². The van der Waals surface area contributed by atoms with Crippen LogP contribution in [-0.2, 0) is 12.1 Å². The van der Waals surface area contributed by atoms with Gasteiger partial charge in [0.1, 0.15) is 6.67 Å². The van der Waals surface area contributed by atoms with Gasteiger partial charge in [0.2, 0.25) is 0 Å². The van der Waals surface area contributed by atoms with Crippen molar-refractivity contribution in [3.8, 4) is 16.8 Å². The summed E-state index contributed by atoms with van der Waals surface area (Å²) in [6.07, 6.45) is 8.32. The summed E-state index contributed by atoms with van der Waals surface area (Å²) in [5.41, 5.74) is 14.8. The summed E-state index contributed by atoms with van der Waals surface area (Å²) in [6.45, 7) is 9.17. The van der Waals surface area contributed by atoms with Gasteiger partial charge in [0.25, 0.3) is 0 Å². The number of para-hydroxylation sites is 2. The van der Waals surface area contributed by atoms with Crippen molar-refractivity contribution in [1.82, 2.24) is 9.13 Å². The van der Waals surface area contributed by atoms with E-state index in [1.54, 1.807) is 0 Å². The van der Waals surface area contributed by atoms with E-state index in [-0.39, 0.29) is 5.41 Å². The van der Waals surface area contributed by atoms with Gasteiger partial charge in [-0.15, -0.1) is 0 Å². The van der Waals surface area contributed by atoms with Crippen LogP contribution in [0, 0.1) is 0 Å². The Morgan fingerprint density at radius 1 is 0.571 bits per heavy atom. The maximum Gasteiger partial charge on any atom is 0.115 e. The first kappa shape index (κ1) is 32.4. The fraction of sp³-hybridized carbons (Fsp3) is 0.0769. The maximum absolute atomic E-state index is 5.41. The van der Waals surface area contributed by atoms with Gasteiger partial charge in [-0.25, -0.2) is 0 Å². The minimum Gasteiger partial charge on any atom is -0.320 e. The van der Waals surface area contributed by atoms with Gasteiger partial charge >= 0.3 is 0 Å². The van der Waals surface area contributed by atoms with Crippen molar-refractivity contribution in [2.75, 3.05) is 0 Å². The lowest BCUT2D eigenvalue weighted by Gasteiger charge is -2.21. The molecule has 2 heterocycles. The molecule has 0 aliphatic heterocycles. The zero-order valence-electron chi connectivity index (χ0n) is 31.4. The summed E-state index contributed by atoms with van der Waals surface area (Å²) in [7, 11) is 0. The molecular weight excluding hydrogens is 681 g/mol. The second-order valence-corrected chi connectivity index (χ2v) is 15.5. The van der Waals surface area contributed by atoms with Gasteiger partial charge in [0, 0.05) is 43.8 Å². The van der Waals surface area contributed by atoms with E-state index in [2.05, 4.69) is 205 Å². The van der Waals surface area contributed by atoms with Crippen molar-refractivity contribution in [3.05, 3.63) is 192 Å². The lowest BCUT2D eigenvalue weighted by atomic mass is 9.82. The number of fused-ring (bicyclic) bond motifs is 10. The standard InChI is InChI=1S/C52H38N4/c1-52(2)44-20-10-6-16-37(44)42-30-43-40-27-26-36(56-47-22-12-8-17-38(47)39-18-9-13-23-48(39)56)29-49(40)55(50(43)31-45(42)52)32-54-46-21-11-7-19-41(46)51(53-3)35-25-24-33-14-4-5-15-34(33)28-35/h4-31H,3,32H2,1-2H3/b51-41-,54-46-. The quantitative estimate of drug-likeness (QED) is 0.159. The monoisotopic (exact) mass is 718 g/mol. The predicted molar refractivity (Wildman–Crippen MR) is 237 cm³/mol. The molecule has 2 aromatic heterocycles. The lowest BCUT2D eigenvalue weighted by molar-refractivity contribution is 0.660. The Morgan fingerprint density at radius 2 is 1.25 bits per heavy atom. The maximum atomic E-state index is 5.41. The van der Waals surface area contributed by atoms with Crippen LogP contribution in [0.2, 0.25) is 0 Å². The highest BCUT2D eigenvalue weighted by Gasteiger charge is 2.36. The first-order chi connectivity index (χ1) is 27.5. The van der Waals surface area contributed by atoms with Crippen LogP contribution in [0.3, 0.4) is 0 Å². The molecule has 0 amide bonds. The van der Waals surface area contributed by atoms with E-state index >= 15 is 0 Å². The van der Waals surface area contributed by atoms with Crippen LogP contribution in [-0.4, -0.2) is 21.6 Å². The van der Waals surface area contributed by atoms with Crippen molar-refractivity contribution in [3.63, 3.8) is 0 Å². The number of allylic oxidation sites excluding steroid dienone is 5. The van der Waals surface area contributed by atoms with Gasteiger partial charge in [-0.2, -0.15) is 0 Å². The average Bonchev–Trinajstić information content (AvgIpc) is 3.82. The summed E-state index contributed by atoms with van der Waals surface area (Å²) in [6, 6.07) is 53.0. The van der Waals surface area contributed by atoms with Gasteiger partial charge < -0.3 is 9.13 Å². The summed E-state index contributed by atoms with van der Waals surface area (Å²) in [5.74, 6) is 0. The van der Waals surface area contributed by atoms with Crippen LogP contribution < -0.4 is 0 Å². The van der Waals surface area contributed by atoms with E-state index in [1.807, 2.05) is 0 Å². The topological polar surface area (TPSA) is 34.6 Å². The SMILES string of the molecule is C=N/C(=C1/C=CC=C/C1=N/Cn1c2cc(-n3c4ccccc4c4ccccc43)ccc2c2cc3c(cc21)C(C)(C)c1ccccc1-3)c1ccc2ccccc2c1. The average molecular weight is 719 g/mol. The molecule has 0 unspecified atom stereocenters. The first-order valence-electron chi connectivity index (χ1n) is 19.3. The fourth-order valence-electron chi connectivity index (χ4n) is 9.40. The molecule has 0 bridgehead atoms. The molecule has 266 valence electrons. The molecule has 2 aliphatic rings. The molecule has 0 atom stereocenters. The van der Waals surface area contributed by atoms with Crippen LogP contribution in [0.25, 0.3) is 76.9 Å². The molecular formula is C52H38N4. The lowest BCUT2D eigenvalue weighted by Crippen LogP contribution is -2.15. The zero-order chi connectivity index (χ0) is 37.5. The Hall–Kier alpha value is -7.04. The second-order valence-electron chi connectivity index (χ2n) is 15.5. The number of hydrogen-bond acceptors (Lipinski definition) is 2. The van der Waals surface area contributed by atoms with E-state index in [0.717, 1.165) is 33.7 Å². The predicted octanol–water partition coefficient (Wildman–Crippen LogP) is 13.0. The smallest absolute Gasteiger partial charge is 0.115 e. The Labute approximate surface area is 325 Å². The third-order valence-electron chi connectivity index (χ3n) is 12.1. The minimum absolute atomic E-state index is 0.126. The summed E-state index contributed by atoms with van der Waals surface area (Å²) in [5, 5.41) is 7.32. The van der Waals surface area contributed by atoms with Gasteiger partial charge in [-0.3, -0.25) is 9.98 Å². The third kappa shape index (κ3) is 4.72. The van der Waals surface area contributed by atoms with Crippen LogP contribution in [0.4, 0.5) is 0 Å². The number of nitrogens with zero attached hydrogens (tertiary/aromatic N) is 4. The number of rotatable bonds is 5. The third-order valence-corrected chi connectivity index (χ3v) is 12.1. The van der Waals surface area contributed by atoms with Crippen LogP contribution in [0.5, 0.6) is 0 Å². The molecule has 0 radical (unpaired) electrons. The highest BCUT2D eigenvalue weighted by molar-refractivity contribution is 6.17. The molecule has 7 aromatic carbocycles. The number of aromatic nitrogens is 2. The molecule has 4 heteroatoms. The summed E-state index contributed by atoms with van der Waals surface area (Å²) >= 11 is 0. The van der Waals surface area contributed by atoms with Crippen molar-refractivity contribution in [2.24, 2.45) is 9.98 Å². The molecule has 56 heavy (non-hydrogen) atoms. The molecule has 0 saturated heterocycles. The highest BCUT2D eigenvalue weighted by Crippen LogP contribution is 2.51. The van der Waals surface area contributed by atoms with Crippen LogP contribution in [0.15, 0.2) is 185 Å². The second kappa shape index (κ2) is 12.2. The largest absolute Gasteiger partial charge is 0.320 e. The fourth-order valence-corrected chi connectivity index (χ4v) is 9.40. The first-order valence-corrected chi connectivity index (χ1v) is 19.3. The zero-order valence-corrected chi connectivity index (χ0v) is 31.4. The Morgan fingerprint density at radius 3 is 2.05 bits per heavy atom. The molecule has 0 fully saturated rings. The number of benzene rings is 7. The normalized spacial score (nSPS) is 16.1. The summed E-state index contributed by atoms with van der Waals surface area (Å²) < 4.78 is 4.81. The Bertz CT molecular complexity index is 3210. The molecule has 9 aromatic rings. The van der Waals surface area contributed by atoms with Crippen molar-refractivity contribution in [1.29, 1.82) is 0 Å². The van der Waals surface area contributed by atoms with E-state index < -0.39 is 0 Å². The molecule has 0 spiro atoms. The minimum atomic E-state index is -0.126. The highest BCUT2D eigenvalue weighted by atomic mass is 15.1. The number of hydrogen-bond donors (Lipinski definition) is 0. The van der Waals surface area contributed by atoms with E-state index in [1.165, 1.54) is 71.1 Å². The van der Waals surface area contributed by atoms with Crippen LogP contribution in [0.1, 0.15) is 30.5 Å². The van der Waals surface area contributed by atoms with Crippen LogP contribution >= 0.6 is 0 Å². The van der Waals surface area contributed by atoms with Crippen molar-refractivity contribution < 1.29 is 0 Å². The Balaban J connectivity index is 1.14. The van der Waals surface area contributed by atoms with Crippen molar-refractivity contribution in [2.45, 2.75) is 25.9 Å². The molecule has 0 N–H and O–H groups in total. The van der Waals surface area contributed by atoms with Gasteiger partial charge in [-0.1, -0.05) is 135 Å². The number of aliphatic imine (C=N–C) groups is 2. The Kier molecular flexibility index (Phi) is 7.08. The van der Waals surface area contributed by atoms with Gasteiger partial charge in [-0.05, 0) is 88.3 Å². The van der Waals surface area contributed by atoms with Gasteiger partial charge in [0.05, 0.1) is 33.5 Å². The van der Waals surface area contributed by atoms with Crippen molar-refractivity contribution >= 4 is 72.5 Å². The molecule has 2 aliphatic carbocycles. The van der Waals surface area contributed by atoms with E-state index in [9.17, 15) is 0 Å².